The van der Waals surface area contributed by atoms with Crippen molar-refractivity contribution >= 4 is 28.2 Å². The van der Waals surface area contributed by atoms with E-state index < -0.39 is 0 Å². The van der Waals surface area contributed by atoms with Crippen molar-refractivity contribution in [3.8, 4) is 0 Å². The van der Waals surface area contributed by atoms with Crippen LogP contribution in [0.3, 0.4) is 0 Å². The van der Waals surface area contributed by atoms with Crippen molar-refractivity contribution in [1.29, 1.82) is 0 Å². The summed E-state index contributed by atoms with van der Waals surface area (Å²) in [6.45, 7) is 18.0. The van der Waals surface area contributed by atoms with Crippen LogP contribution in [0.2, 0.25) is 0 Å². The largest absolute Gasteiger partial charge is 0.496 e. The molecular formula is C34H44N2O. The molecule has 3 aromatic rings. The Hall–Kier alpha value is -3.17. The van der Waals surface area contributed by atoms with Crippen LogP contribution in [0.1, 0.15) is 66.4 Å². The van der Waals surface area contributed by atoms with Crippen LogP contribution in [-0.4, -0.2) is 35.1 Å². The second-order valence-corrected chi connectivity index (χ2v) is 9.48. The van der Waals surface area contributed by atoms with Crippen LogP contribution in [0, 0.1) is 0 Å². The Morgan fingerprint density at radius 3 is 2.46 bits per heavy atom. The van der Waals surface area contributed by atoms with Crippen molar-refractivity contribution in [3.63, 3.8) is 0 Å². The van der Waals surface area contributed by atoms with Crippen LogP contribution in [-0.2, 0) is 4.74 Å². The molecule has 2 unspecified atom stereocenters. The first-order valence-electron chi connectivity index (χ1n) is 13.9. The summed E-state index contributed by atoms with van der Waals surface area (Å²) in [5, 5.41) is 4.78. The fourth-order valence-electron chi connectivity index (χ4n) is 5.16. The Labute approximate surface area is 223 Å². The van der Waals surface area contributed by atoms with Gasteiger partial charge in [-0.25, -0.2) is 0 Å². The molecule has 196 valence electrons. The minimum absolute atomic E-state index is 0.627. The van der Waals surface area contributed by atoms with E-state index in [0.717, 1.165) is 35.3 Å². The zero-order valence-corrected chi connectivity index (χ0v) is 23.6. The number of benzene rings is 2. The highest BCUT2D eigenvalue weighted by Gasteiger charge is 2.40. The summed E-state index contributed by atoms with van der Waals surface area (Å²) in [6.07, 6.45) is 9.72. The molecule has 0 radical (unpaired) electrons. The number of pyridine rings is 1. The Kier molecular flexibility index (Phi) is 10.7. The lowest BCUT2D eigenvalue weighted by molar-refractivity contribution is 0.0494. The predicted octanol–water partition coefficient (Wildman–Crippen LogP) is 7.11. The lowest BCUT2D eigenvalue weighted by atomic mass is 9.78. The summed E-state index contributed by atoms with van der Waals surface area (Å²) >= 11 is 0. The third kappa shape index (κ3) is 6.99. The molecule has 3 aliphatic rings. The molecule has 0 amide bonds. The van der Waals surface area contributed by atoms with E-state index in [-0.39, 0.29) is 0 Å². The first-order chi connectivity index (χ1) is 18.0. The highest BCUT2D eigenvalue weighted by atomic mass is 16.5. The second-order valence-electron chi connectivity index (χ2n) is 9.48. The molecule has 2 bridgehead atoms. The Morgan fingerprint density at radius 1 is 1.08 bits per heavy atom. The maximum Gasteiger partial charge on any atom is 0.122 e. The number of hydrogen-bond donors (Lipinski definition) is 0. The molecule has 3 heteroatoms. The fraction of sp³-hybridized carbons (Fsp3) is 0.382. The summed E-state index contributed by atoms with van der Waals surface area (Å²) in [4.78, 5) is 6.94. The normalized spacial score (nSPS) is 19.4. The quantitative estimate of drug-likeness (QED) is 0.340. The molecule has 0 N–H and O–H groups in total. The maximum absolute atomic E-state index is 5.55. The van der Waals surface area contributed by atoms with Gasteiger partial charge < -0.3 is 4.74 Å². The van der Waals surface area contributed by atoms with Gasteiger partial charge >= 0.3 is 0 Å². The molecular weight excluding hydrogens is 452 g/mol. The van der Waals surface area contributed by atoms with Crippen LogP contribution in [0.15, 0.2) is 79.0 Å². The molecule has 1 fully saturated rings. The van der Waals surface area contributed by atoms with Crippen molar-refractivity contribution < 1.29 is 4.74 Å². The van der Waals surface area contributed by atoms with E-state index in [2.05, 4.69) is 91.0 Å². The van der Waals surface area contributed by atoms with Crippen LogP contribution in [0.25, 0.3) is 28.2 Å². The summed E-state index contributed by atoms with van der Waals surface area (Å²) in [7, 11) is 0. The predicted molar refractivity (Wildman–Crippen MR) is 161 cm³/mol. The second kappa shape index (κ2) is 13.9. The standard InChI is InChI=1S/C20H21N.C12H17NO.C2H6/c1-14(2)13-21-19-10-18(11-20(21)12-19)17-8-7-15-5-3-4-6-16(15)9-17;1-4-10-8-7-9-13-12(10)11(5-2)14-6-3;1-2/h3-10,19-20H,1,11-13H2,2H3;4,7-9H,5-6H2,1-3H3;1-2H3/b;10-4-,12-11-;. The smallest absolute Gasteiger partial charge is 0.122 e. The molecule has 2 aliphatic heterocycles. The van der Waals surface area contributed by atoms with Crippen molar-refractivity contribution in [3.05, 3.63) is 95.2 Å². The van der Waals surface area contributed by atoms with E-state index in [0.29, 0.717) is 12.6 Å². The molecule has 0 spiro atoms. The number of ether oxygens (including phenoxy) is 1. The lowest BCUT2D eigenvalue weighted by Crippen LogP contribution is -2.57. The maximum atomic E-state index is 5.55. The van der Waals surface area contributed by atoms with E-state index in [9.17, 15) is 0 Å². The Morgan fingerprint density at radius 2 is 1.84 bits per heavy atom. The van der Waals surface area contributed by atoms with Crippen LogP contribution >= 0.6 is 0 Å². The zero-order valence-electron chi connectivity index (χ0n) is 23.6. The number of nitrogens with zero attached hydrogens (tertiary/aromatic N) is 2. The van der Waals surface area contributed by atoms with Gasteiger partial charge in [0.2, 0.25) is 0 Å². The van der Waals surface area contributed by atoms with Crippen LogP contribution < -0.4 is 10.6 Å². The average molecular weight is 497 g/mol. The van der Waals surface area contributed by atoms with Crippen molar-refractivity contribution in [2.75, 3.05) is 13.2 Å². The summed E-state index contributed by atoms with van der Waals surface area (Å²) < 4.78 is 5.55. The molecule has 0 saturated carbocycles. The fourth-order valence-corrected chi connectivity index (χ4v) is 5.16. The van der Waals surface area contributed by atoms with Gasteiger partial charge in [-0.05, 0) is 72.9 Å². The highest BCUT2D eigenvalue weighted by Crippen LogP contribution is 2.41. The van der Waals surface area contributed by atoms with E-state index in [1.165, 1.54) is 40.3 Å². The van der Waals surface area contributed by atoms with Gasteiger partial charge in [0.15, 0.2) is 0 Å². The third-order valence-corrected chi connectivity index (χ3v) is 6.88. The third-order valence-electron chi connectivity index (χ3n) is 6.88. The summed E-state index contributed by atoms with van der Waals surface area (Å²) in [5.74, 6) is 0.973. The Balaban J connectivity index is 0.000000208. The van der Waals surface area contributed by atoms with Crippen LogP contribution in [0.4, 0.5) is 0 Å². The molecule has 1 aromatic heterocycles. The van der Waals surface area contributed by atoms with Gasteiger partial charge in [0.1, 0.15) is 11.1 Å². The average Bonchev–Trinajstić information content (AvgIpc) is 2.95. The minimum Gasteiger partial charge on any atom is -0.496 e. The molecule has 1 saturated heterocycles. The number of fused-ring (bicyclic) bond motifs is 2. The minimum atomic E-state index is 0.627. The lowest BCUT2D eigenvalue weighted by Gasteiger charge is -2.52. The van der Waals surface area contributed by atoms with Crippen molar-refractivity contribution in [2.24, 2.45) is 0 Å². The molecule has 3 nitrogen and oxygen atoms in total. The van der Waals surface area contributed by atoms with E-state index in [4.69, 9.17) is 4.74 Å². The first-order valence-corrected chi connectivity index (χ1v) is 13.9. The van der Waals surface area contributed by atoms with Crippen molar-refractivity contribution in [2.45, 2.75) is 72.9 Å². The van der Waals surface area contributed by atoms with E-state index in [1.54, 1.807) is 6.20 Å². The Bertz CT molecular complexity index is 1340. The topological polar surface area (TPSA) is 25.4 Å². The molecule has 37 heavy (non-hydrogen) atoms. The van der Waals surface area contributed by atoms with Gasteiger partial charge in [-0.15, -0.1) is 0 Å². The van der Waals surface area contributed by atoms with Gasteiger partial charge in [-0.3, -0.25) is 9.88 Å². The van der Waals surface area contributed by atoms with E-state index in [1.807, 2.05) is 33.8 Å². The highest BCUT2D eigenvalue weighted by molar-refractivity contribution is 5.86. The van der Waals surface area contributed by atoms with Gasteiger partial charge in [0.25, 0.3) is 0 Å². The molecule has 1 aliphatic carbocycles. The molecule has 3 heterocycles. The SMILES string of the molecule is C/C=c1/cccn/c1=C(/CC)OCC.C=C(C)CN1C2C=C(c3ccc4ccccc4c3)CC1C2.CC. The molecule has 6 rings (SSSR count). The van der Waals surface area contributed by atoms with Gasteiger partial charge in [0.05, 0.1) is 6.61 Å². The first kappa shape index (κ1) is 28.4. The van der Waals surface area contributed by atoms with Gasteiger partial charge in [0, 0.05) is 31.2 Å². The monoisotopic (exact) mass is 496 g/mol. The van der Waals surface area contributed by atoms with Gasteiger partial charge in [-0.2, -0.15) is 0 Å². The number of aromatic nitrogens is 1. The van der Waals surface area contributed by atoms with E-state index >= 15 is 0 Å². The summed E-state index contributed by atoms with van der Waals surface area (Å²) in [6, 6.07) is 20.8. The molecule has 2 aromatic carbocycles. The zero-order chi connectivity index (χ0) is 26.8. The van der Waals surface area contributed by atoms with Crippen LogP contribution in [0.5, 0.6) is 0 Å². The number of hydrogen-bond acceptors (Lipinski definition) is 3. The van der Waals surface area contributed by atoms with Gasteiger partial charge in [-0.1, -0.05) is 87.5 Å². The van der Waals surface area contributed by atoms with Crippen molar-refractivity contribution in [1.82, 2.24) is 9.88 Å². The summed E-state index contributed by atoms with van der Waals surface area (Å²) in [5.41, 5.74) is 4.20. The number of rotatable bonds is 6. The molecule has 2 atom stereocenters.